The Kier molecular flexibility index (Phi) is 4.31. The maximum atomic E-state index is 9.16. The number of nitriles is 1. The van der Waals surface area contributed by atoms with Crippen molar-refractivity contribution in [1.29, 1.82) is 5.26 Å². The van der Waals surface area contributed by atoms with Gasteiger partial charge in [0.05, 0.1) is 11.3 Å². The summed E-state index contributed by atoms with van der Waals surface area (Å²) in [6.45, 7) is 2.39. The van der Waals surface area contributed by atoms with E-state index in [1.807, 2.05) is 31.2 Å². The molecule has 0 saturated heterocycles. The molecule has 0 aliphatic heterocycles. The molecule has 4 heteroatoms. The summed E-state index contributed by atoms with van der Waals surface area (Å²) in [6, 6.07) is 13.3. The van der Waals surface area contributed by atoms with Gasteiger partial charge in [-0.15, -0.1) is 0 Å². The largest absolute Gasteiger partial charge is 0.380 e. The normalized spacial score (nSPS) is 10.0. The number of aryl methyl sites for hydroxylation is 1. The number of anilines is 1. The highest BCUT2D eigenvalue weighted by Gasteiger charge is 2.08. The first-order valence-corrected chi connectivity index (χ1v) is 6.55. The molecule has 2 aromatic carbocycles. The Morgan fingerprint density at radius 3 is 2.37 bits per heavy atom. The molecule has 2 rings (SSSR count). The summed E-state index contributed by atoms with van der Waals surface area (Å²) in [5.41, 5.74) is 3.21. The van der Waals surface area contributed by atoms with E-state index in [0.29, 0.717) is 22.2 Å². The second-order valence-electron chi connectivity index (χ2n) is 4.16. The van der Waals surface area contributed by atoms with Crippen molar-refractivity contribution in [3.8, 4) is 6.07 Å². The third-order valence-electron chi connectivity index (χ3n) is 2.90. The molecule has 0 bridgehead atoms. The molecule has 0 aliphatic carbocycles. The van der Waals surface area contributed by atoms with Gasteiger partial charge in [-0.3, -0.25) is 0 Å². The lowest BCUT2D eigenvalue weighted by molar-refractivity contribution is 1.14. The highest BCUT2D eigenvalue weighted by molar-refractivity contribution is 6.36. The van der Waals surface area contributed by atoms with Crippen LogP contribution in [-0.4, -0.2) is 0 Å². The fourth-order valence-electron chi connectivity index (χ4n) is 1.85. The van der Waals surface area contributed by atoms with Gasteiger partial charge in [0.2, 0.25) is 0 Å². The van der Waals surface area contributed by atoms with E-state index in [1.165, 1.54) is 0 Å². The van der Waals surface area contributed by atoms with E-state index in [-0.39, 0.29) is 0 Å². The molecular formula is C15H12Cl2N2. The van der Waals surface area contributed by atoms with Gasteiger partial charge in [-0.1, -0.05) is 41.4 Å². The number of hydrogen-bond donors (Lipinski definition) is 1. The lowest BCUT2D eigenvalue weighted by Gasteiger charge is -2.12. The van der Waals surface area contributed by atoms with Crippen LogP contribution in [0.3, 0.4) is 0 Å². The molecule has 19 heavy (non-hydrogen) atoms. The van der Waals surface area contributed by atoms with Crippen molar-refractivity contribution >= 4 is 28.9 Å². The van der Waals surface area contributed by atoms with E-state index in [9.17, 15) is 0 Å². The fourth-order valence-corrected chi connectivity index (χ4v) is 2.38. The monoisotopic (exact) mass is 290 g/mol. The van der Waals surface area contributed by atoms with E-state index < -0.39 is 0 Å². The minimum atomic E-state index is 0.483. The Morgan fingerprint density at radius 2 is 1.74 bits per heavy atom. The Bertz CT molecular complexity index is 625. The molecule has 0 aromatic heterocycles. The molecule has 0 atom stereocenters. The number of nitrogens with one attached hydrogen (secondary N) is 1. The molecule has 0 aliphatic rings. The smallest absolute Gasteiger partial charge is 0.102 e. The summed E-state index contributed by atoms with van der Waals surface area (Å²) in [5.74, 6) is 0. The number of benzene rings is 2. The van der Waals surface area contributed by atoms with Crippen molar-refractivity contribution in [2.75, 3.05) is 5.32 Å². The van der Waals surface area contributed by atoms with Gasteiger partial charge in [0.25, 0.3) is 0 Å². The lowest BCUT2D eigenvalue weighted by Crippen LogP contribution is -2.03. The van der Waals surface area contributed by atoms with Crippen LogP contribution in [-0.2, 0) is 6.54 Å². The van der Waals surface area contributed by atoms with Crippen molar-refractivity contribution in [1.82, 2.24) is 0 Å². The van der Waals surface area contributed by atoms with Gasteiger partial charge in [-0.2, -0.15) is 5.26 Å². The molecule has 0 heterocycles. The fraction of sp³-hybridized carbons (Fsp3) is 0.133. The van der Waals surface area contributed by atoms with E-state index in [4.69, 9.17) is 28.5 Å². The highest BCUT2D eigenvalue weighted by Crippen LogP contribution is 2.26. The summed E-state index contributed by atoms with van der Waals surface area (Å²) in [7, 11) is 0. The maximum Gasteiger partial charge on any atom is 0.102 e. The zero-order valence-electron chi connectivity index (χ0n) is 10.4. The van der Waals surface area contributed by atoms with Crippen LogP contribution in [0.25, 0.3) is 0 Å². The van der Waals surface area contributed by atoms with Crippen LogP contribution in [0.15, 0.2) is 36.4 Å². The maximum absolute atomic E-state index is 9.16. The second-order valence-corrected chi connectivity index (χ2v) is 4.98. The Morgan fingerprint density at radius 1 is 1.11 bits per heavy atom. The number of hydrogen-bond acceptors (Lipinski definition) is 2. The summed E-state index contributed by atoms with van der Waals surface area (Å²) in [4.78, 5) is 0. The third kappa shape index (κ3) is 3.01. The van der Waals surface area contributed by atoms with Gasteiger partial charge < -0.3 is 5.32 Å². The Labute approximate surface area is 122 Å². The quantitative estimate of drug-likeness (QED) is 0.882. The van der Waals surface area contributed by atoms with Gasteiger partial charge in [0, 0.05) is 22.2 Å². The zero-order chi connectivity index (χ0) is 13.8. The Balaban J connectivity index is 2.25. The minimum absolute atomic E-state index is 0.483. The molecule has 0 radical (unpaired) electrons. The third-order valence-corrected chi connectivity index (χ3v) is 3.61. The molecular weight excluding hydrogens is 279 g/mol. The van der Waals surface area contributed by atoms with Crippen LogP contribution >= 0.6 is 23.2 Å². The Hall–Kier alpha value is -1.69. The average molecular weight is 291 g/mol. The minimum Gasteiger partial charge on any atom is -0.380 e. The van der Waals surface area contributed by atoms with Gasteiger partial charge in [0.15, 0.2) is 0 Å². The molecule has 0 saturated carbocycles. The summed E-state index contributed by atoms with van der Waals surface area (Å²) < 4.78 is 0. The van der Waals surface area contributed by atoms with Crippen LogP contribution in [0.5, 0.6) is 0 Å². The molecule has 1 N–H and O–H groups in total. The van der Waals surface area contributed by atoms with Crippen molar-refractivity contribution in [2.24, 2.45) is 0 Å². The van der Waals surface area contributed by atoms with Crippen molar-refractivity contribution in [2.45, 2.75) is 13.5 Å². The molecule has 2 aromatic rings. The number of nitrogens with zero attached hydrogens (tertiary/aromatic N) is 1. The summed E-state index contributed by atoms with van der Waals surface area (Å²) in [5, 5.41) is 13.6. The van der Waals surface area contributed by atoms with Crippen LogP contribution in [0.4, 0.5) is 5.69 Å². The van der Waals surface area contributed by atoms with Crippen LogP contribution in [0.1, 0.15) is 16.7 Å². The molecule has 0 spiro atoms. The second kappa shape index (κ2) is 5.97. The first-order valence-electron chi connectivity index (χ1n) is 5.80. The van der Waals surface area contributed by atoms with Crippen LogP contribution < -0.4 is 5.32 Å². The van der Waals surface area contributed by atoms with E-state index in [0.717, 1.165) is 16.8 Å². The van der Waals surface area contributed by atoms with Gasteiger partial charge in [-0.25, -0.2) is 0 Å². The molecule has 0 amide bonds. The summed E-state index contributed by atoms with van der Waals surface area (Å²) in [6.07, 6.45) is 0. The van der Waals surface area contributed by atoms with Crippen molar-refractivity contribution in [3.63, 3.8) is 0 Å². The molecule has 96 valence electrons. The van der Waals surface area contributed by atoms with Crippen LogP contribution in [0.2, 0.25) is 10.0 Å². The highest BCUT2D eigenvalue weighted by atomic mass is 35.5. The lowest BCUT2D eigenvalue weighted by atomic mass is 10.1. The molecule has 2 nitrogen and oxygen atoms in total. The first kappa shape index (κ1) is 13.7. The van der Waals surface area contributed by atoms with Gasteiger partial charge in [0.1, 0.15) is 6.07 Å². The molecule has 0 fully saturated rings. The summed E-state index contributed by atoms with van der Waals surface area (Å²) >= 11 is 12.2. The van der Waals surface area contributed by atoms with E-state index >= 15 is 0 Å². The standard InChI is InChI=1S/C15H12Cl2N2/c1-10-4-2-7-15(11(10)8-18)19-9-12-13(16)5-3-6-14(12)17/h2-7,19H,9H2,1H3. The van der Waals surface area contributed by atoms with Crippen molar-refractivity contribution in [3.05, 3.63) is 63.1 Å². The van der Waals surface area contributed by atoms with E-state index in [1.54, 1.807) is 12.1 Å². The van der Waals surface area contributed by atoms with Crippen molar-refractivity contribution < 1.29 is 0 Å². The SMILES string of the molecule is Cc1cccc(NCc2c(Cl)cccc2Cl)c1C#N. The van der Waals surface area contributed by atoms with Gasteiger partial charge >= 0.3 is 0 Å². The van der Waals surface area contributed by atoms with E-state index in [2.05, 4.69) is 11.4 Å². The predicted molar refractivity (Wildman–Crippen MR) is 79.7 cm³/mol. The predicted octanol–water partition coefficient (Wildman–Crippen LogP) is 4.79. The van der Waals surface area contributed by atoms with Crippen LogP contribution in [0, 0.1) is 18.3 Å². The topological polar surface area (TPSA) is 35.8 Å². The first-order chi connectivity index (χ1) is 9.13. The number of halogens is 2. The average Bonchev–Trinajstić information content (AvgIpc) is 2.38. The molecule has 0 unspecified atom stereocenters. The van der Waals surface area contributed by atoms with Gasteiger partial charge in [-0.05, 0) is 30.7 Å². The number of rotatable bonds is 3. The zero-order valence-corrected chi connectivity index (χ0v) is 11.9.